The summed E-state index contributed by atoms with van der Waals surface area (Å²) >= 11 is 0. The first-order chi connectivity index (χ1) is 10.2. The highest BCUT2D eigenvalue weighted by molar-refractivity contribution is 5.92. The molecule has 2 aromatic rings. The molecule has 0 N–H and O–H groups in total. The van der Waals surface area contributed by atoms with Crippen LogP contribution in [0.4, 0.5) is 0 Å². The van der Waals surface area contributed by atoms with Crippen LogP contribution in [0, 0.1) is 6.92 Å². The standard InChI is InChI=1S/C15H19N5O/c1-12-16-8-6-14(18-12)15(21)20-10-3-2-5-13(20)11-19-9-4-7-17-19/h4,6-9,13H,2-3,5,10-11H2,1H3. The number of aromatic nitrogens is 4. The van der Waals surface area contributed by atoms with Crippen molar-refractivity contribution in [2.75, 3.05) is 6.54 Å². The molecule has 6 heteroatoms. The van der Waals surface area contributed by atoms with E-state index in [0.29, 0.717) is 11.5 Å². The van der Waals surface area contributed by atoms with Crippen molar-refractivity contribution in [2.45, 2.75) is 38.8 Å². The van der Waals surface area contributed by atoms with Crippen molar-refractivity contribution in [3.8, 4) is 0 Å². The van der Waals surface area contributed by atoms with E-state index in [1.165, 1.54) is 0 Å². The molecule has 0 aliphatic carbocycles. The van der Waals surface area contributed by atoms with Gasteiger partial charge in [-0.25, -0.2) is 9.97 Å². The predicted octanol–water partition coefficient (Wildman–Crippen LogP) is 1.68. The first-order valence-electron chi connectivity index (χ1n) is 7.32. The van der Waals surface area contributed by atoms with E-state index in [4.69, 9.17) is 0 Å². The van der Waals surface area contributed by atoms with Crippen molar-refractivity contribution in [3.05, 3.63) is 42.2 Å². The SMILES string of the molecule is Cc1nccc(C(=O)N2CCCCC2Cn2cccn2)n1. The van der Waals surface area contributed by atoms with Gasteiger partial charge in [0.1, 0.15) is 11.5 Å². The number of nitrogens with zero attached hydrogens (tertiary/aromatic N) is 5. The Hall–Kier alpha value is -2.24. The average Bonchev–Trinajstić information content (AvgIpc) is 3.00. The van der Waals surface area contributed by atoms with Crippen molar-refractivity contribution in [1.82, 2.24) is 24.6 Å². The van der Waals surface area contributed by atoms with E-state index in [9.17, 15) is 4.79 Å². The predicted molar refractivity (Wildman–Crippen MR) is 77.7 cm³/mol. The first kappa shape index (κ1) is 13.7. The van der Waals surface area contributed by atoms with Gasteiger partial charge in [-0.1, -0.05) is 0 Å². The molecule has 21 heavy (non-hydrogen) atoms. The van der Waals surface area contributed by atoms with Crippen LogP contribution in [0.3, 0.4) is 0 Å². The number of piperidine rings is 1. The maximum atomic E-state index is 12.7. The Balaban J connectivity index is 1.78. The molecule has 0 spiro atoms. The summed E-state index contributed by atoms with van der Waals surface area (Å²) in [5.41, 5.74) is 0.481. The molecule has 3 heterocycles. The van der Waals surface area contributed by atoms with E-state index in [-0.39, 0.29) is 11.9 Å². The van der Waals surface area contributed by atoms with E-state index < -0.39 is 0 Å². The molecule has 1 saturated heterocycles. The van der Waals surface area contributed by atoms with Crippen LogP contribution in [0.2, 0.25) is 0 Å². The first-order valence-corrected chi connectivity index (χ1v) is 7.32. The molecule has 6 nitrogen and oxygen atoms in total. The molecule has 1 aliphatic heterocycles. The number of amides is 1. The Morgan fingerprint density at radius 1 is 1.38 bits per heavy atom. The highest BCUT2D eigenvalue weighted by atomic mass is 16.2. The zero-order valence-corrected chi connectivity index (χ0v) is 12.1. The minimum absolute atomic E-state index is 0.00245. The second-order valence-corrected chi connectivity index (χ2v) is 5.37. The van der Waals surface area contributed by atoms with Crippen molar-refractivity contribution < 1.29 is 4.79 Å². The van der Waals surface area contributed by atoms with Crippen LogP contribution >= 0.6 is 0 Å². The zero-order chi connectivity index (χ0) is 14.7. The Morgan fingerprint density at radius 3 is 3.05 bits per heavy atom. The molecule has 0 saturated carbocycles. The van der Waals surface area contributed by atoms with Gasteiger partial charge >= 0.3 is 0 Å². The number of aryl methyl sites for hydroxylation is 1. The smallest absolute Gasteiger partial charge is 0.272 e. The molecule has 1 fully saturated rings. The Kier molecular flexibility index (Phi) is 3.94. The van der Waals surface area contributed by atoms with Gasteiger partial charge in [0.2, 0.25) is 0 Å². The lowest BCUT2D eigenvalue weighted by Crippen LogP contribution is -2.46. The van der Waals surface area contributed by atoms with Gasteiger partial charge in [-0.2, -0.15) is 5.10 Å². The third-order valence-corrected chi connectivity index (χ3v) is 3.84. The summed E-state index contributed by atoms with van der Waals surface area (Å²) in [6.45, 7) is 3.32. The molecule has 1 aliphatic rings. The van der Waals surface area contributed by atoms with Gasteiger partial charge < -0.3 is 4.90 Å². The normalized spacial score (nSPS) is 18.7. The fourth-order valence-corrected chi connectivity index (χ4v) is 2.80. The highest BCUT2D eigenvalue weighted by Gasteiger charge is 2.28. The van der Waals surface area contributed by atoms with Crippen molar-refractivity contribution in [1.29, 1.82) is 0 Å². The maximum Gasteiger partial charge on any atom is 0.272 e. The van der Waals surface area contributed by atoms with Crippen LogP contribution in [0.25, 0.3) is 0 Å². The summed E-state index contributed by atoms with van der Waals surface area (Å²) < 4.78 is 1.89. The molecule has 0 bridgehead atoms. The number of rotatable bonds is 3. The van der Waals surface area contributed by atoms with E-state index in [1.54, 1.807) is 25.4 Å². The summed E-state index contributed by atoms with van der Waals surface area (Å²) in [5.74, 6) is 0.624. The number of carbonyl (C=O) groups excluding carboxylic acids is 1. The molecule has 1 amide bonds. The molecule has 110 valence electrons. The summed E-state index contributed by atoms with van der Waals surface area (Å²) in [6.07, 6.45) is 8.55. The van der Waals surface area contributed by atoms with Gasteiger partial charge in [-0.05, 0) is 38.3 Å². The second kappa shape index (κ2) is 6.03. The van der Waals surface area contributed by atoms with Crippen LogP contribution in [-0.4, -0.2) is 43.1 Å². The van der Waals surface area contributed by atoms with Crippen LogP contribution in [0.5, 0.6) is 0 Å². The third kappa shape index (κ3) is 3.09. The fourth-order valence-electron chi connectivity index (χ4n) is 2.80. The summed E-state index contributed by atoms with van der Waals surface area (Å²) in [5, 5.41) is 4.24. The minimum atomic E-state index is -0.00245. The van der Waals surface area contributed by atoms with Crippen LogP contribution < -0.4 is 0 Å². The summed E-state index contributed by atoms with van der Waals surface area (Å²) in [6, 6.07) is 3.78. The number of carbonyl (C=O) groups is 1. The average molecular weight is 285 g/mol. The van der Waals surface area contributed by atoms with Crippen molar-refractivity contribution in [2.24, 2.45) is 0 Å². The Labute approximate surface area is 123 Å². The summed E-state index contributed by atoms with van der Waals surface area (Å²) in [7, 11) is 0. The van der Waals surface area contributed by atoms with Gasteiger partial charge in [-0.15, -0.1) is 0 Å². The summed E-state index contributed by atoms with van der Waals surface area (Å²) in [4.78, 5) is 22.9. The van der Waals surface area contributed by atoms with Gasteiger partial charge in [0.15, 0.2) is 0 Å². The highest BCUT2D eigenvalue weighted by Crippen LogP contribution is 2.20. The second-order valence-electron chi connectivity index (χ2n) is 5.37. The quantitative estimate of drug-likeness (QED) is 0.860. The third-order valence-electron chi connectivity index (χ3n) is 3.84. The van der Waals surface area contributed by atoms with E-state index >= 15 is 0 Å². The molecule has 1 atom stereocenters. The Morgan fingerprint density at radius 2 is 2.29 bits per heavy atom. The molecule has 2 aromatic heterocycles. The van der Waals surface area contributed by atoms with Gasteiger partial charge in [0, 0.05) is 25.1 Å². The lowest BCUT2D eigenvalue weighted by atomic mass is 10.0. The molecule has 3 rings (SSSR count). The lowest BCUT2D eigenvalue weighted by Gasteiger charge is -2.35. The number of likely N-dealkylation sites (tertiary alicyclic amines) is 1. The fraction of sp³-hybridized carbons (Fsp3) is 0.467. The van der Waals surface area contributed by atoms with Crippen molar-refractivity contribution >= 4 is 5.91 Å². The lowest BCUT2D eigenvalue weighted by molar-refractivity contribution is 0.0577. The van der Waals surface area contributed by atoms with Gasteiger partial charge in [0.05, 0.1) is 12.6 Å². The maximum absolute atomic E-state index is 12.7. The number of hydrogen-bond acceptors (Lipinski definition) is 4. The van der Waals surface area contributed by atoms with Gasteiger partial charge in [0.25, 0.3) is 5.91 Å². The monoisotopic (exact) mass is 285 g/mol. The molecular formula is C15H19N5O. The zero-order valence-electron chi connectivity index (χ0n) is 12.1. The molecule has 0 radical (unpaired) electrons. The van der Waals surface area contributed by atoms with Crippen LogP contribution in [0.1, 0.15) is 35.6 Å². The van der Waals surface area contributed by atoms with E-state index in [0.717, 1.165) is 32.4 Å². The van der Waals surface area contributed by atoms with Crippen LogP contribution in [-0.2, 0) is 6.54 Å². The molecule has 0 aromatic carbocycles. The minimum Gasteiger partial charge on any atom is -0.332 e. The largest absolute Gasteiger partial charge is 0.332 e. The van der Waals surface area contributed by atoms with Crippen LogP contribution in [0.15, 0.2) is 30.7 Å². The van der Waals surface area contributed by atoms with E-state index in [2.05, 4.69) is 15.1 Å². The molecule has 1 unspecified atom stereocenters. The molecular weight excluding hydrogens is 266 g/mol. The van der Waals surface area contributed by atoms with Crippen molar-refractivity contribution in [3.63, 3.8) is 0 Å². The van der Waals surface area contributed by atoms with Gasteiger partial charge in [-0.3, -0.25) is 9.48 Å². The Bertz CT molecular complexity index is 610. The van der Waals surface area contributed by atoms with E-state index in [1.807, 2.05) is 21.8 Å². The number of hydrogen-bond donors (Lipinski definition) is 0. The topological polar surface area (TPSA) is 63.9 Å².